The molecular formula is C14H18N2O4. The van der Waals surface area contributed by atoms with E-state index in [2.05, 4.69) is 10.1 Å². The number of aliphatic hydroxyl groups is 1. The van der Waals surface area contributed by atoms with Crippen molar-refractivity contribution in [3.8, 4) is 0 Å². The van der Waals surface area contributed by atoms with Crippen molar-refractivity contribution in [3.63, 3.8) is 0 Å². The average molecular weight is 278 g/mol. The fraction of sp³-hybridized carbons (Fsp3) is 0.429. The minimum absolute atomic E-state index is 0.226. The SMILES string of the molecule is COCC(O)Cc1nc(C(OC)c2ccccc2)no1. The summed E-state index contributed by atoms with van der Waals surface area (Å²) in [5, 5.41) is 13.6. The van der Waals surface area contributed by atoms with Gasteiger partial charge in [0.05, 0.1) is 19.1 Å². The minimum Gasteiger partial charge on any atom is -0.390 e. The molecular weight excluding hydrogens is 260 g/mol. The zero-order valence-corrected chi connectivity index (χ0v) is 11.5. The van der Waals surface area contributed by atoms with Crippen LogP contribution in [0.15, 0.2) is 34.9 Å². The molecule has 1 heterocycles. The summed E-state index contributed by atoms with van der Waals surface area (Å²) in [5.41, 5.74) is 0.944. The summed E-state index contributed by atoms with van der Waals surface area (Å²) in [5.74, 6) is 0.806. The fourth-order valence-electron chi connectivity index (χ4n) is 1.93. The van der Waals surface area contributed by atoms with Crippen LogP contribution in [0.2, 0.25) is 0 Å². The predicted octanol–water partition coefficient (Wildman–Crippen LogP) is 1.36. The van der Waals surface area contributed by atoms with Crippen molar-refractivity contribution >= 4 is 0 Å². The second kappa shape index (κ2) is 7.14. The molecule has 0 spiro atoms. The summed E-state index contributed by atoms with van der Waals surface area (Å²) in [7, 11) is 3.12. The molecule has 0 aliphatic carbocycles. The van der Waals surface area contributed by atoms with Crippen molar-refractivity contribution in [1.29, 1.82) is 0 Å². The second-order valence-corrected chi connectivity index (χ2v) is 4.39. The highest BCUT2D eigenvalue weighted by molar-refractivity contribution is 5.22. The lowest BCUT2D eigenvalue weighted by Crippen LogP contribution is -2.17. The smallest absolute Gasteiger partial charge is 0.229 e. The number of aliphatic hydroxyl groups excluding tert-OH is 1. The molecule has 0 aliphatic heterocycles. The number of nitrogens with zero attached hydrogens (tertiary/aromatic N) is 2. The molecule has 0 saturated carbocycles. The minimum atomic E-state index is -0.661. The van der Waals surface area contributed by atoms with Gasteiger partial charge in [-0.05, 0) is 5.56 Å². The van der Waals surface area contributed by atoms with Gasteiger partial charge in [-0.3, -0.25) is 0 Å². The summed E-state index contributed by atoms with van der Waals surface area (Å²) >= 11 is 0. The topological polar surface area (TPSA) is 77.6 Å². The first-order valence-electron chi connectivity index (χ1n) is 6.31. The maximum Gasteiger partial charge on any atom is 0.229 e. The molecule has 0 amide bonds. The van der Waals surface area contributed by atoms with E-state index in [0.29, 0.717) is 11.7 Å². The van der Waals surface area contributed by atoms with Gasteiger partial charge in [0.25, 0.3) is 0 Å². The second-order valence-electron chi connectivity index (χ2n) is 4.39. The third kappa shape index (κ3) is 3.63. The van der Waals surface area contributed by atoms with Crippen molar-refractivity contribution in [2.24, 2.45) is 0 Å². The van der Waals surface area contributed by atoms with Gasteiger partial charge in [0.1, 0.15) is 6.10 Å². The zero-order valence-electron chi connectivity index (χ0n) is 11.5. The zero-order chi connectivity index (χ0) is 14.4. The number of aromatic nitrogens is 2. The molecule has 1 N–H and O–H groups in total. The first-order chi connectivity index (χ1) is 9.74. The number of benzene rings is 1. The maximum atomic E-state index is 9.64. The molecule has 6 nitrogen and oxygen atoms in total. The Balaban J connectivity index is 2.10. The molecule has 0 saturated heterocycles. The van der Waals surface area contributed by atoms with Crippen LogP contribution in [-0.4, -0.2) is 42.2 Å². The van der Waals surface area contributed by atoms with Gasteiger partial charge in [0, 0.05) is 14.2 Å². The highest BCUT2D eigenvalue weighted by Crippen LogP contribution is 2.22. The van der Waals surface area contributed by atoms with E-state index in [1.807, 2.05) is 30.3 Å². The van der Waals surface area contributed by atoms with Crippen LogP contribution in [0.5, 0.6) is 0 Å². The molecule has 2 atom stereocenters. The molecule has 0 radical (unpaired) electrons. The van der Waals surface area contributed by atoms with Crippen LogP contribution in [-0.2, 0) is 15.9 Å². The fourth-order valence-corrected chi connectivity index (χ4v) is 1.93. The summed E-state index contributed by atoms with van der Waals surface area (Å²) in [4.78, 5) is 4.26. The van der Waals surface area contributed by atoms with E-state index >= 15 is 0 Å². The Morgan fingerprint density at radius 3 is 2.65 bits per heavy atom. The molecule has 0 aliphatic rings. The van der Waals surface area contributed by atoms with Crippen molar-refractivity contribution < 1.29 is 19.1 Å². The van der Waals surface area contributed by atoms with E-state index in [0.717, 1.165) is 5.56 Å². The summed E-state index contributed by atoms with van der Waals surface area (Å²) in [6.07, 6.45) is -0.786. The van der Waals surface area contributed by atoms with E-state index in [9.17, 15) is 5.11 Å². The third-order valence-corrected chi connectivity index (χ3v) is 2.83. The molecule has 1 aromatic heterocycles. The van der Waals surface area contributed by atoms with E-state index in [1.54, 1.807) is 7.11 Å². The van der Waals surface area contributed by atoms with Crippen LogP contribution in [0.25, 0.3) is 0 Å². The number of rotatable bonds is 7. The van der Waals surface area contributed by atoms with Crippen LogP contribution in [0.1, 0.15) is 23.4 Å². The number of ether oxygens (including phenoxy) is 2. The largest absolute Gasteiger partial charge is 0.390 e. The van der Waals surface area contributed by atoms with Crippen molar-refractivity contribution in [2.75, 3.05) is 20.8 Å². The lowest BCUT2D eigenvalue weighted by atomic mass is 10.1. The molecule has 1 aromatic carbocycles. The highest BCUT2D eigenvalue weighted by atomic mass is 16.5. The Morgan fingerprint density at radius 2 is 2.00 bits per heavy atom. The van der Waals surface area contributed by atoms with Gasteiger partial charge in [-0.25, -0.2) is 0 Å². The number of hydrogen-bond donors (Lipinski definition) is 1. The summed E-state index contributed by atoms with van der Waals surface area (Å²) in [6.45, 7) is 0.226. The first-order valence-corrected chi connectivity index (χ1v) is 6.31. The van der Waals surface area contributed by atoms with Crippen LogP contribution < -0.4 is 0 Å². The Labute approximate surface area is 117 Å². The maximum absolute atomic E-state index is 9.64. The number of hydrogen-bond acceptors (Lipinski definition) is 6. The molecule has 2 rings (SSSR count). The van der Waals surface area contributed by atoms with Crippen LogP contribution >= 0.6 is 0 Å². The Bertz CT molecular complexity index is 515. The van der Waals surface area contributed by atoms with Gasteiger partial charge in [0.15, 0.2) is 0 Å². The average Bonchev–Trinajstić information content (AvgIpc) is 2.89. The standard InChI is InChI=1S/C14H18N2O4/c1-18-9-11(17)8-12-15-14(16-20-12)13(19-2)10-6-4-3-5-7-10/h3-7,11,13,17H,8-9H2,1-2H3. The molecule has 6 heteroatoms. The van der Waals surface area contributed by atoms with Crippen molar-refractivity contribution in [2.45, 2.75) is 18.6 Å². The van der Waals surface area contributed by atoms with Crippen LogP contribution in [0, 0.1) is 0 Å². The monoisotopic (exact) mass is 278 g/mol. The normalized spacial score (nSPS) is 14.2. The molecule has 20 heavy (non-hydrogen) atoms. The van der Waals surface area contributed by atoms with Gasteiger partial charge >= 0.3 is 0 Å². The predicted molar refractivity (Wildman–Crippen MR) is 71.2 cm³/mol. The lowest BCUT2D eigenvalue weighted by molar-refractivity contribution is 0.0599. The quantitative estimate of drug-likeness (QED) is 0.824. The van der Waals surface area contributed by atoms with Gasteiger partial charge in [-0.2, -0.15) is 4.98 Å². The van der Waals surface area contributed by atoms with Crippen molar-refractivity contribution in [3.05, 3.63) is 47.6 Å². The van der Waals surface area contributed by atoms with Gasteiger partial charge < -0.3 is 19.1 Å². The Kier molecular flexibility index (Phi) is 5.23. The van der Waals surface area contributed by atoms with Crippen LogP contribution in [0.3, 0.4) is 0 Å². The van der Waals surface area contributed by atoms with Gasteiger partial charge in [0.2, 0.25) is 11.7 Å². The lowest BCUT2D eigenvalue weighted by Gasteiger charge is -2.10. The highest BCUT2D eigenvalue weighted by Gasteiger charge is 2.20. The van der Waals surface area contributed by atoms with E-state index in [1.165, 1.54) is 7.11 Å². The Hall–Kier alpha value is -1.76. The van der Waals surface area contributed by atoms with Gasteiger partial charge in [-0.1, -0.05) is 35.5 Å². The van der Waals surface area contributed by atoms with Gasteiger partial charge in [-0.15, -0.1) is 0 Å². The third-order valence-electron chi connectivity index (χ3n) is 2.83. The molecule has 2 aromatic rings. The van der Waals surface area contributed by atoms with E-state index < -0.39 is 6.10 Å². The van der Waals surface area contributed by atoms with Crippen molar-refractivity contribution in [1.82, 2.24) is 10.1 Å². The Morgan fingerprint density at radius 1 is 1.25 bits per heavy atom. The summed E-state index contributed by atoms with van der Waals surface area (Å²) in [6, 6.07) is 9.64. The van der Waals surface area contributed by atoms with Crippen LogP contribution in [0.4, 0.5) is 0 Å². The molecule has 0 fully saturated rings. The number of methoxy groups -OCH3 is 2. The first kappa shape index (κ1) is 14.6. The van der Waals surface area contributed by atoms with E-state index in [4.69, 9.17) is 14.0 Å². The molecule has 0 bridgehead atoms. The molecule has 108 valence electrons. The van der Waals surface area contributed by atoms with E-state index in [-0.39, 0.29) is 19.1 Å². The summed E-state index contributed by atoms with van der Waals surface area (Å²) < 4.78 is 15.4. The molecule has 2 unspecified atom stereocenters.